The highest BCUT2D eigenvalue weighted by molar-refractivity contribution is 8.00. The van der Waals surface area contributed by atoms with Crippen LogP contribution >= 0.6 is 11.8 Å². The molecule has 5 aliphatic rings. The molecule has 0 radical (unpaired) electrons. The van der Waals surface area contributed by atoms with Gasteiger partial charge in [-0.25, -0.2) is 0 Å². The molecular formula is C27H50N5O3S+. The highest BCUT2D eigenvalue weighted by atomic mass is 32.2. The van der Waals surface area contributed by atoms with Crippen LogP contribution in [0, 0.1) is 29.1 Å². The summed E-state index contributed by atoms with van der Waals surface area (Å²) in [6, 6.07) is 1.10. The van der Waals surface area contributed by atoms with Crippen LogP contribution in [0.4, 0.5) is 0 Å². The van der Waals surface area contributed by atoms with E-state index in [0.717, 1.165) is 58.8 Å². The van der Waals surface area contributed by atoms with Gasteiger partial charge in [0, 0.05) is 50.6 Å². The lowest BCUT2D eigenvalue weighted by molar-refractivity contribution is -0.707. The highest BCUT2D eigenvalue weighted by Gasteiger charge is 2.60. The summed E-state index contributed by atoms with van der Waals surface area (Å²) in [5.41, 5.74) is 0.575. The Morgan fingerprint density at radius 1 is 1.33 bits per heavy atom. The molecule has 10 atom stereocenters. The molecule has 3 aliphatic heterocycles. The van der Waals surface area contributed by atoms with E-state index in [2.05, 4.69) is 51.8 Å². The van der Waals surface area contributed by atoms with Crippen molar-refractivity contribution >= 4 is 17.7 Å². The largest absolute Gasteiger partial charge is 0.392 e. The second-order valence-electron chi connectivity index (χ2n) is 12.5. The van der Waals surface area contributed by atoms with Gasteiger partial charge in [-0.05, 0) is 55.9 Å². The third-order valence-corrected chi connectivity index (χ3v) is 11.6. The van der Waals surface area contributed by atoms with Crippen molar-refractivity contribution in [3.8, 4) is 0 Å². The SMILES string of the molecule is C[C@H](C(=O)NCCN1CCOCC1)[C@H]1CC[C@]2(C)CC3SC(NC4CCCNC4)[NH2+]C3[C@H](C)[C@@H]2[C@H]1O. The molecule has 2 saturated carbocycles. The van der Waals surface area contributed by atoms with Crippen LogP contribution in [-0.2, 0) is 9.53 Å². The van der Waals surface area contributed by atoms with E-state index in [1.54, 1.807) is 0 Å². The standard InChI is InChI=1S/C27H49N5O3S/c1-17(25(34)29-9-10-32-11-13-35-14-12-32)20-6-7-27(3)15-21-23(18(2)22(27)24(20)33)31-26(36-21)30-19-5-4-8-28-16-19/h17-24,26,28,30-31,33H,4-16H2,1-3H3,(H,29,34)/p+1/t17-,18+,19?,20+,21?,22+,23?,24-,26?,27+/m0/s1. The minimum atomic E-state index is -0.410. The molecule has 0 aromatic heterocycles. The molecule has 5 fully saturated rings. The predicted octanol–water partition coefficient (Wildman–Crippen LogP) is 0.177. The molecule has 1 amide bonds. The van der Waals surface area contributed by atoms with Crippen LogP contribution in [0.3, 0.4) is 0 Å². The Kier molecular flexibility index (Phi) is 8.87. The summed E-state index contributed by atoms with van der Waals surface area (Å²) in [7, 11) is 0. The zero-order chi connectivity index (χ0) is 25.3. The molecule has 2 aliphatic carbocycles. The van der Waals surface area contributed by atoms with Crippen LogP contribution < -0.4 is 21.3 Å². The molecule has 0 spiro atoms. The molecule has 4 unspecified atom stereocenters. The van der Waals surface area contributed by atoms with E-state index in [9.17, 15) is 9.90 Å². The number of piperidine rings is 1. The Bertz CT molecular complexity index is 749. The highest BCUT2D eigenvalue weighted by Crippen LogP contribution is 2.57. The number of morpholine rings is 1. The average molecular weight is 525 g/mol. The number of quaternary nitrogens is 1. The molecule has 36 heavy (non-hydrogen) atoms. The number of fused-ring (bicyclic) bond motifs is 2. The van der Waals surface area contributed by atoms with E-state index in [0.29, 0.717) is 35.3 Å². The molecule has 3 heterocycles. The predicted molar refractivity (Wildman–Crippen MR) is 143 cm³/mol. The fourth-order valence-corrected chi connectivity index (χ4v) is 10.0. The topological polar surface area (TPSA) is 102 Å². The van der Waals surface area contributed by atoms with Crippen LogP contribution in [0.2, 0.25) is 0 Å². The molecule has 9 heteroatoms. The van der Waals surface area contributed by atoms with E-state index < -0.39 is 6.10 Å². The quantitative estimate of drug-likeness (QED) is 0.324. The number of carbonyl (C=O) groups excluding carboxylic acids is 1. The third kappa shape index (κ3) is 5.77. The summed E-state index contributed by atoms with van der Waals surface area (Å²) in [5, 5.41) is 25.5. The number of thioether (sulfide) groups is 1. The van der Waals surface area contributed by atoms with Crippen molar-refractivity contribution in [1.29, 1.82) is 0 Å². The van der Waals surface area contributed by atoms with Crippen LogP contribution in [0.1, 0.15) is 52.9 Å². The van der Waals surface area contributed by atoms with Crippen molar-refractivity contribution in [2.75, 3.05) is 52.5 Å². The van der Waals surface area contributed by atoms with Gasteiger partial charge in [0.15, 0.2) is 5.50 Å². The van der Waals surface area contributed by atoms with E-state index in [1.807, 2.05) is 6.92 Å². The summed E-state index contributed by atoms with van der Waals surface area (Å²) < 4.78 is 5.42. The van der Waals surface area contributed by atoms with Crippen LogP contribution in [-0.4, -0.2) is 97.3 Å². The smallest absolute Gasteiger partial charge is 0.223 e. The van der Waals surface area contributed by atoms with Gasteiger partial charge in [0.2, 0.25) is 5.91 Å². The van der Waals surface area contributed by atoms with Crippen molar-refractivity contribution in [2.24, 2.45) is 29.1 Å². The maximum absolute atomic E-state index is 13.1. The number of carbonyl (C=O) groups is 1. The summed E-state index contributed by atoms with van der Waals surface area (Å²) in [6.07, 6.45) is 5.34. The van der Waals surface area contributed by atoms with Gasteiger partial charge in [-0.3, -0.25) is 15.0 Å². The lowest BCUT2D eigenvalue weighted by Gasteiger charge is -2.55. The fraction of sp³-hybridized carbons (Fsp3) is 0.963. The minimum Gasteiger partial charge on any atom is -0.392 e. The van der Waals surface area contributed by atoms with Gasteiger partial charge in [-0.2, -0.15) is 0 Å². The molecule has 6 N–H and O–H groups in total. The van der Waals surface area contributed by atoms with Gasteiger partial charge in [0.05, 0.1) is 24.6 Å². The van der Waals surface area contributed by atoms with Gasteiger partial charge < -0.3 is 25.8 Å². The second-order valence-corrected chi connectivity index (χ2v) is 13.9. The molecule has 3 saturated heterocycles. The minimum absolute atomic E-state index is 0.0433. The maximum atomic E-state index is 13.1. The zero-order valence-electron chi connectivity index (χ0n) is 22.6. The Balaban J connectivity index is 1.16. The first-order valence-corrected chi connectivity index (χ1v) is 15.5. The van der Waals surface area contributed by atoms with Gasteiger partial charge >= 0.3 is 0 Å². The van der Waals surface area contributed by atoms with Gasteiger partial charge in [0.25, 0.3) is 0 Å². The van der Waals surface area contributed by atoms with E-state index in [-0.39, 0.29) is 29.1 Å². The molecule has 5 rings (SSSR count). The van der Waals surface area contributed by atoms with Crippen molar-refractivity contribution in [2.45, 2.75) is 81.8 Å². The Hall–Kier alpha value is -0.420. The number of amides is 1. The number of nitrogens with two attached hydrogens (primary N) is 1. The summed E-state index contributed by atoms with van der Waals surface area (Å²) in [5.74, 6) is 0.682. The van der Waals surface area contributed by atoms with Crippen molar-refractivity contribution in [3.63, 3.8) is 0 Å². The molecule has 8 nitrogen and oxygen atoms in total. The molecule has 0 aromatic rings. The molecular weight excluding hydrogens is 474 g/mol. The first-order chi connectivity index (χ1) is 17.4. The average Bonchev–Trinajstić information content (AvgIpc) is 3.26. The monoisotopic (exact) mass is 524 g/mol. The maximum Gasteiger partial charge on any atom is 0.223 e. The first kappa shape index (κ1) is 27.2. The van der Waals surface area contributed by atoms with Crippen molar-refractivity contribution < 1.29 is 20.0 Å². The first-order valence-electron chi connectivity index (χ1n) is 14.6. The van der Waals surface area contributed by atoms with Crippen LogP contribution in [0.15, 0.2) is 0 Å². The number of ether oxygens (including phenoxy) is 1. The van der Waals surface area contributed by atoms with E-state index in [4.69, 9.17) is 4.74 Å². The number of nitrogens with zero attached hydrogens (tertiary/aromatic N) is 1. The third-order valence-electron chi connectivity index (χ3n) is 10.2. The Morgan fingerprint density at radius 2 is 2.14 bits per heavy atom. The summed E-state index contributed by atoms with van der Waals surface area (Å²) >= 11 is 2.13. The zero-order valence-corrected chi connectivity index (χ0v) is 23.4. The van der Waals surface area contributed by atoms with Crippen molar-refractivity contribution in [1.82, 2.24) is 20.9 Å². The summed E-state index contributed by atoms with van der Waals surface area (Å²) in [4.78, 5) is 15.4. The lowest BCUT2D eigenvalue weighted by atomic mass is 9.51. The van der Waals surface area contributed by atoms with Crippen LogP contribution in [0.25, 0.3) is 0 Å². The summed E-state index contributed by atoms with van der Waals surface area (Å²) in [6.45, 7) is 14.0. The Morgan fingerprint density at radius 3 is 2.89 bits per heavy atom. The number of aliphatic hydroxyl groups is 1. The molecule has 0 bridgehead atoms. The number of aliphatic hydroxyl groups excluding tert-OH is 1. The van der Waals surface area contributed by atoms with Gasteiger partial charge in [-0.15, -0.1) is 0 Å². The number of rotatable bonds is 7. The number of nitrogens with one attached hydrogen (secondary N) is 3. The van der Waals surface area contributed by atoms with Gasteiger partial charge in [0.1, 0.15) is 6.04 Å². The van der Waals surface area contributed by atoms with E-state index in [1.165, 1.54) is 19.3 Å². The normalized spacial score (nSPS) is 44.4. The number of hydrogen-bond acceptors (Lipinski definition) is 7. The molecule has 206 valence electrons. The van der Waals surface area contributed by atoms with E-state index >= 15 is 0 Å². The van der Waals surface area contributed by atoms with Crippen LogP contribution in [0.5, 0.6) is 0 Å². The molecule has 0 aromatic carbocycles. The second kappa shape index (κ2) is 11.8. The Labute approximate surface area is 221 Å². The lowest BCUT2D eigenvalue weighted by Crippen LogP contribution is -2.97. The number of hydrogen-bond donors (Lipinski definition) is 5. The van der Waals surface area contributed by atoms with Crippen molar-refractivity contribution in [3.05, 3.63) is 0 Å². The van der Waals surface area contributed by atoms with Gasteiger partial charge in [-0.1, -0.05) is 32.5 Å². The fourth-order valence-electron chi connectivity index (χ4n) is 8.13.